The zero-order chi connectivity index (χ0) is 20.0. The van der Waals surface area contributed by atoms with Gasteiger partial charge in [-0.05, 0) is 43.5 Å². The highest BCUT2D eigenvalue weighted by Crippen LogP contribution is 2.31. The fourth-order valence-corrected chi connectivity index (χ4v) is 3.51. The fraction of sp³-hybridized carbons (Fsp3) is 0.500. The molecule has 1 fully saturated rings. The Morgan fingerprint density at radius 2 is 2.18 bits per heavy atom. The first-order valence-corrected chi connectivity index (χ1v) is 9.63. The van der Waals surface area contributed by atoms with E-state index < -0.39 is 0 Å². The number of carbonyl (C=O) groups is 1. The Kier molecular flexibility index (Phi) is 6.64. The molecular formula is C20H27FN4O3. The molecule has 1 unspecified atom stereocenters. The summed E-state index contributed by atoms with van der Waals surface area (Å²) in [6.07, 6.45) is 4.61. The molecule has 0 bridgehead atoms. The number of ether oxygens (including phenoxy) is 1. The summed E-state index contributed by atoms with van der Waals surface area (Å²) in [5.74, 6) is -0.307. The van der Waals surface area contributed by atoms with Crippen LogP contribution in [0.25, 0.3) is 5.69 Å². The number of hydrogen-bond acceptors (Lipinski definition) is 4. The van der Waals surface area contributed by atoms with E-state index in [4.69, 9.17) is 4.74 Å². The molecule has 1 saturated heterocycles. The third-order valence-corrected chi connectivity index (χ3v) is 5.13. The van der Waals surface area contributed by atoms with Gasteiger partial charge in [0.2, 0.25) is 0 Å². The number of amides is 2. The molecular weight excluding hydrogens is 363 g/mol. The summed E-state index contributed by atoms with van der Waals surface area (Å²) in [7, 11) is 0. The number of nitrogens with zero attached hydrogens (tertiary/aromatic N) is 2. The van der Waals surface area contributed by atoms with Crippen LogP contribution >= 0.6 is 0 Å². The van der Waals surface area contributed by atoms with E-state index in [0.29, 0.717) is 31.9 Å². The number of nitrogens with one attached hydrogen (secondary N) is 2. The fourth-order valence-electron chi connectivity index (χ4n) is 3.51. The molecule has 0 aliphatic carbocycles. The number of aromatic nitrogens is 2. The minimum Gasteiger partial charge on any atom is -0.396 e. The predicted molar refractivity (Wildman–Crippen MR) is 104 cm³/mol. The van der Waals surface area contributed by atoms with Gasteiger partial charge in [-0.25, -0.2) is 13.9 Å². The first kappa shape index (κ1) is 20.3. The minimum absolute atomic E-state index is 0.0672. The van der Waals surface area contributed by atoms with Crippen molar-refractivity contribution < 1.29 is 19.0 Å². The molecule has 0 spiro atoms. The summed E-state index contributed by atoms with van der Waals surface area (Å²) in [5.41, 5.74) is 2.01. The second-order valence-corrected chi connectivity index (χ2v) is 7.23. The Morgan fingerprint density at radius 1 is 1.39 bits per heavy atom. The topological polar surface area (TPSA) is 88.4 Å². The SMILES string of the molecule is CCCc1c(NC(=O)NCC2(CCO)CCOC2)cnn1-c1ccc(F)cc1. The number of aliphatic hydroxyl groups excluding tert-OH is 1. The summed E-state index contributed by atoms with van der Waals surface area (Å²) in [6, 6.07) is 5.77. The number of halogens is 1. The van der Waals surface area contributed by atoms with E-state index >= 15 is 0 Å². The van der Waals surface area contributed by atoms with Crippen molar-refractivity contribution in [3.8, 4) is 5.69 Å². The first-order valence-electron chi connectivity index (χ1n) is 9.63. The molecule has 28 heavy (non-hydrogen) atoms. The number of urea groups is 1. The lowest BCUT2D eigenvalue weighted by Crippen LogP contribution is -2.40. The van der Waals surface area contributed by atoms with Gasteiger partial charge in [0.1, 0.15) is 5.82 Å². The van der Waals surface area contributed by atoms with Crippen LogP contribution < -0.4 is 10.6 Å². The lowest BCUT2D eigenvalue weighted by atomic mass is 9.84. The van der Waals surface area contributed by atoms with Crippen molar-refractivity contribution in [2.45, 2.75) is 32.6 Å². The Balaban J connectivity index is 1.69. The quantitative estimate of drug-likeness (QED) is 0.647. The van der Waals surface area contributed by atoms with Gasteiger partial charge in [0, 0.05) is 25.2 Å². The van der Waals surface area contributed by atoms with Crippen LogP contribution in [0.2, 0.25) is 0 Å². The summed E-state index contributed by atoms with van der Waals surface area (Å²) in [4.78, 5) is 12.5. The molecule has 0 saturated carbocycles. The van der Waals surface area contributed by atoms with Crippen LogP contribution in [0.3, 0.4) is 0 Å². The van der Waals surface area contributed by atoms with Crippen molar-refractivity contribution in [2.24, 2.45) is 5.41 Å². The Hall–Kier alpha value is -2.45. The lowest BCUT2D eigenvalue weighted by molar-refractivity contribution is 0.126. The highest BCUT2D eigenvalue weighted by atomic mass is 19.1. The molecule has 8 heteroatoms. The summed E-state index contributed by atoms with van der Waals surface area (Å²) in [5, 5.41) is 19.4. The molecule has 2 amide bonds. The van der Waals surface area contributed by atoms with Gasteiger partial charge in [0.05, 0.1) is 29.9 Å². The van der Waals surface area contributed by atoms with E-state index in [9.17, 15) is 14.3 Å². The molecule has 1 atom stereocenters. The Bertz CT molecular complexity index is 785. The van der Waals surface area contributed by atoms with E-state index in [0.717, 1.165) is 30.6 Å². The van der Waals surface area contributed by atoms with Gasteiger partial charge in [-0.1, -0.05) is 13.3 Å². The summed E-state index contributed by atoms with van der Waals surface area (Å²) in [6.45, 7) is 3.74. The van der Waals surface area contributed by atoms with Gasteiger partial charge < -0.3 is 20.5 Å². The normalized spacial score (nSPS) is 19.0. The molecule has 1 aromatic carbocycles. The van der Waals surface area contributed by atoms with Gasteiger partial charge in [-0.3, -0.25) is 0 Å². The summed E-state index contributed by atoms with van der Waals surface area (Å²) >= 11 is 0. The second kappa shape index (κ2) is 9.16. The van der Waals surface area contributed by atoms with E-state index in [1.54, 1.807) is 23.0 Å². The van der Waals surface area contributed by atoms with Crippen molar-refractivity contribution in [3.05, 3.63) is 42.0 Å². The zero-order valence-electron chi connectivity index (χ0n) is 16.1. The van der Waals surface area contributed by atoms with Crippen molar-refractivity contribution >= 4 is 11.7 Å². The maximum Gasteiger partial charge on any atom is 0.319 e. The van der Waals surface area contributed by atoms with Crippen LogP contribution in [-0.4, -0.2) is 47.3 Å². The summed E-state index contributed by atoms with van der Waals surface area (Å²) < 4.78 is 20.4. The highest BCUT2D eigenvalue weighted by molar-refractivity contribution is 5.89. The average Bonchev–Trinajstić information content (AvgIpc) is 3.30. The highest BCUT2D eigenvalue weighted by Gasteiger charge is 2.34. The predicted octanol–water partition coefficient (Wildman–Crippen LogP) is 2.87. The van der Waals surface area contributed by atoms with Crippen molar-refractivity contribution in [1.29, 1.82) is 0 Å². The molecule has 1 aliphatic heterocycles. The number of rotatable bonds is 8. The number of benzene rings is 1. The van der Waals surface area contributed by atoms with Crippen molar-refractivity contribution in [2.75, 3.05) is 31.7 Å². The average molecular weight is 390 g/mol. The number of aliphatic hydroxyl groups is 1. The standard InChI is InChI=1S/C20H27FN4O3/c1-2-3-18-17(12-23-25(18)16-6-4-15(21)5-7-16)24-19(27)22-13-20(8-10-26)9-11-28-14-20/h4-7,12,26H,2-3,8-11,13-14H2,1H3,(H2,22,24,27). The lowest BCUT2D eigenvalue weighted by Gasteiger charge is -2.26. The molecule has 7 nitrogen and oxygen atoms in total. The van der Waals surface area contributed by atoms with E-state index in [1.807, 2.05) is 6.92 Å². The van der Waals surface area contributed by atoms with Gasteiger partial charge in [-0.2, -0.15) is 5.10 Å². The molecule has 2 heterocycles. The van der Waals surface area contributed by atoms with Crippen LogP contribution in [0.4, 0.5) is 14.9 Å². The molecule has 0 radical (unpaired) electrons. The largest absolute Gasteiger partial charge is 0.396 e. The molecule has 152 valence electrons. The molecule has 1 aromatic heterocycles. The third-order valence-electron chi connectivity index (χ3n) is 5.13. The van der Waals surface area contributed by atoms with Crippen molar-refractivity contribution in [3.63, 3.8) is 0 Å². The van der Waals surface area contributed by atoms with Crippen LogP contribution in [0.5, 0.6) is 0 Å². The van der Waals surface area contributed by atoms with E-state index in [2.05, 4.69) is 15.7 Å². The Morgan fingerprint density at radius 3 is 2.82 bits per heavy atom. The molecule has 3 N–H and O–H groups in total. The zero-order valence-corrected chi connectivity index (χ0v) is 16.1. The monoisotopic (exact) mass is 390 g/mol. The number of anilines is 1. The van der Waals surface area contributed by atoms with Crippen LogP contribution in [0, 0.1) is 11.2 Å². The molecule has 2 aromatic rings. The third kappa shape index (κ3) is 4.69. The molecule has 3 rings (SSSR count). The van der Waals surface area contributed by atoms with Crippen LogP contribution in [0.15, 0.2) is 30.5 Å². The van der Waals surface area contributed by atoms with E-state index in [-0.39, 0.29) is 23.9 Å². The van der Waals surface area contributed by atoms with Gasteiger partial charge in [0.15, 0.2) is 0 Å². The van der Waals surface area contributed by atoms with Gasteiger partial charge in [0.25, 0.3) is 0 Å². The van der Waals surface area contributed by atoms with Gasteiger partial charge >= 0.3 is 6.03 Å². The second-order valence-electron chi connectivity index (χ2n) is 7.23. The van der Waals surface area contributed by atoms with Gasteiger partial charge in [-0.15, -0.1) is 0 Å². The number of carbonyl (C=O) groups excluding carboxylic acids is 1. The van der Waals surface area contributed by atoms with Crippen LogP contribution in [0.1, 0.15) is 31.9 Å². The van der Waals surface area contributed by atoms with E-state index in [1.165, 1.54) is 12.1 Å². The first-order chi connectivity index (χ1) is 13.6. The maximum atomic E-state index is 13.2. The van der Waals surface area contributed by atoms with Crippen molar-refractivity contribution in [1.82, 2.24) is 15.1 Å². The minimum atomic E-state index is -0.319. The maximum absolute atomic E-state index is 13.2. The van der Waals surface area contributed by atoms with Crippen LogP contribution in [-0.2, 0) is 11.2 Å². The number of hydrogen-bond donors (Lipinski definition) is 3. The molecule has 1 aliphatic rings. The smallest absolute Gasteiger partial charge is 0.319 e. The Labute approximate surface area is 163 Å².